The first-order valence-electron chi connectivity index (χ1n) is 8.40. The van der Waals surface area contributed by atoms with Gasteiger partial charge in [0.15, 0.2) is 11.5 Å². The molecular weight excluding hydrogens is 370 g/mol. The Hall–Kier alpha value is -2.72. The van der Waals surface area contributed by atoms with Crippen molar-refractivity contribution in [2.24, 2.45) is 0 Å². The lowest BCUT2D eigenvalue weighted by atomic mass is 10.1. The van der Waals surface area contributed by atoms with E-state index in [-0.39, 0.29) is 17.9 Å². The number of hydrogen-bond acceptors (Lipinski definition) is 5. The van der Waals surface area contributed by atoms with Crippen LogP contribution in [0.25, 0.3) is 15.7 Å². The number of likely N-dealkylation sites (tertiary alicyclic amines) is 1. The van der Waals surface area contributed by atoms with Crippen LogP contribution in [0.4, 0.5) is 10.5 Å². The monoisotopic (exact) mass is 389 g/mol. The summed E-state index contributed by atoms with van der Waals surface area (Å²) in [6.45, 7) is 13.5. The second-order valence-corrected chi connectivity index (χ2v) is 7.59. The summed E-state index contributed by atoms with van der Waals surface area (Å²) < 4.78 is 16.7. The number of amides is 1. The van der Waals surface area contributed by atoms with Gasteiger partial charge in [0.2, 0.25) is 5.69 Å². The van der Waals surface area contributed by atoms with Gasteiger partial charge in [0.05, 0.1) is 37.3 Å². The van der Waals surface area contributed by atoms with E-state index in [4.69, 9.17) is 32.4 Å². The molecule has 2 heterocycles. The molecule has 2 aromatic rings. The quantitative estimate of drug-likeness (QED) is 0.726. The smallest absolute Gasteiger partial charge is 0.410 e. The van der Waals surface area contributed by atoms with Gasteiger partial charge >= 0.3 is 6.09 Å². The fourth-order valence-corrected chi connectivity index (χ4v) is 2.90. The molecule has 1 aromatic carbocycles. The number of hydrogen-bond donors (Lipinski definition) is 0. The topological polar surface area (TPSA) is 65.2 Å². The fourth-order valence-electron chi connectivity index (χ4n) is 2.65. The number of pyridine rings is 1. The molecule has 8 heteroatoms. The Morgan fingerprint density at radius 1 is 1.33 bits per heavy atom. The highest BCUT2D eigenvalue weighted by Crippen LogP contribution is 2.39. The van der Waals surface area contributed by atoms with Crippen molar-refractivity contribution in [3.63, 3.8) is 0 Å². The molecule has 3 rings (SSSR count). The molecular formula is C19H20ClN3O4. The predicted molar refractivity (Wildman–Crippen MR) is 102 cm³/mol. The third-order valence-electron chi connectivity index (χ3n) is 3.98. The normalized spacial score (nSPS) is 14.4. The summed E-state index contributed by atoms with van der Waals surface area (Å²) >= 11 is 6.30. The third-order valence-corrected chi connectivity index (χ3v) is 4.38. The average molecular weight is 390 g/mol. The molecule has 0 radical (unpaired) electrons. The highest BCUT2D eigenvalue weighted by Gasteiger charge is 2.35. The number of rotatable bonds is 3. The van der Waals surface area contributed by atoms with Gasteiger partial charge < -0.3 is 19.1 Å². The molecule has 0 N–H and O–H groups in total. The van der Waals surface area contributed by atoms with E-state index >= 15 is 0 Å². The van der Waals surface area contributed by atoms with Crippen LogP contribution in [0.3, 0.4) is 0 Å². The molecule has 1 fully saturated rings. The van der Waals surface area contributed by atoms with Gasteiger partial charge in [-0.15, -0.1) is 0 Å². The SMILES string of the molecule is [C-]#[N+]c1cnc2cc(OC)c(OC3CN(C(=O)OC(C)(C)C)C3)cc2c1Cl. The van der Waals surface area contributed by atoms with Crippen molar-refractivity contribution in [1.29, 1.82) is 0 Å². The van der Waals surface area contributed by atoms with Crippen LogP contribution in [-0.2, 0) is 4.74 Å². The van der Waals surface area contributed by atoms with Gasteiger partial charge in [0.1, 0.15) is 11.7 Å². The zero-order chi connectivity index (χ0) is 19.8. The van der Waals surface area contributed by atoms with Gasteiger partial charge in [-0.25, -0.2) is 9.64 Å². The molecule has 0 spiro atoms. The second-order valence-electron chi connectivity index (χ2n) is 7.21. The zero-order valence-electron chi connectivity index (χ0n) is 15.6. The number of aromatic nitrogens is 1. The molecule has 0 saturated carbocycles. The Morgan fingerprint density at radius 2 is 2.04 bits per heavy atom. The first kappa shape index (κ1) is 19.1. The number of halogens is 1. The van der Waals surface area contributed by atoms with E-state index in [2.05, 4.69) is 9.83 Å². The number of benzene rings is 1. The lowest BCUT2D eigenvalue weighted by Gasteiger charge is -2.39. The second kappa shape index (κ2) is 7.12. The van der Waals surface area contributed by atoms with Crippen LogP contribution in [-0.4, -0.2) is 47.9 Å². The fraction of sp³-hybridized carbons (Fsp3) is 0.421. The lowest BCUT2D eigenvalue weighted by molar-refractivity contribution is -0.0225. The molecule has 0 atom stereocenters. The molecule has 142 valence electrons. The maximum Gasteiger partial charge on any atom is 0.410 e. The van der Waals surface area contributed by atoms with Crippen LogP contribution in [0, 0.1) is 6.57 Å². The third kappa shape index (κ3) is 4.01. The van der Waals surface area contributed by atoms with Crippen molar-refractivity contribution in [3.05, 3.63) is 34.8 Å². The van der Waals surface area contributed by atoms with Crippen LogP contribution in [0.2, 0.25) is 5.02 Å². The molecule has 7 nitrogen and oxygen atoms in total. The summed E-state index contributed by atoms with van der Waals surface area (Å²) in [6, 6.07) is 3.43. The highest BCUT2D eigenvalue weighted by molar-refractivity contribution is 6.38. The van der Waals surface area contributed by atoms with E-state index in [0.29, 0.717) is 40.5 Å². The first-order valence-corrected chi connectivity index (χ1v) is 8.78. The van der Waals surface area contributed by atoms with Crippen molar-refractivity contribution in [3.8, 4) is 11.5 Å². The Bertz CT molecular complexity index is 927. The molecule has 1 aromatic heterocycles. The molecule has 1 aliphatic heterocycles. The van der Waals surface area contributed by atoms with E-state index in [1.54, 1.807) is 17.0 Å². The van der Waals surface area contributed by atoms with E-state index < -0.39 is 5.60 Å². The van der Waals surface area contributed by atoms with Gasteiger partial charge in [-0.2, -0.15) is 0 Å². The molecule has 27 heavy (non-hydrogen) atoms. The summed E-state index contributed by atoms with van der Waals surface area (Å²) in [4.78, 5) is 21.2. The molecule has 0 aliphatic carbocycles. The number of methoxy groups -OCH3 is 1. The van der Waals surface area contributed by atoms with E-state index in [1.807, 2.05) is 20.8 Å². The van der Waals surface area contributed by atoms with Crippen LogP contribution in [0.5, 0.6) is 11.5 Å². The minimum atomic E-state index is -0.533. The zero-order valence-corrected chi connectivity index (χ0v) is 16.3. The maximum atomic E-state index is 12.0. The number of fused-ring (bicyclic) bond motifs is 1. The summed E-state index contributed by atoms with van der Waals surface area (Å²) in [6.07, 6.45) is 0.892. The van der Waals surface area contributed by atoms with Crippen molar-refractivity contribution >= 4 is 34.3 Å². The van der Waals surface area contributed by atoms with Crippen LogP contribution in [0.1, 0.15) is 20.8 Å². The van der Waals surface area contributed by atoms with E-state index in [9.17, 15) is 4.79 Å². The van der Waals surface area contributed by atoms with Crippen LogP contribution >= 0.6 is 11.6 Å². The summed E-state index contributed by atoms with van der Waals surface area (Å²) in [5.41, 5.74) is 0.357. The minimum Gasteiger partial charge on any atom is -0.493 e. The first-order chi connectivity index (χ1) is 12.7. The average Bonchev–Trinajstić information content (AvgIpc) is 2.56. The largest absolute Gasteiger partial charge is 0.493 e. The number of ether oxygens (including phenoxy) is 3. The molecule has 1 aliphatic rings. The Morgan fingerprint density at radius 3 is 2.63 bits per heavy atom. The van der Waals surface area contributed by atoms with E-state index in [1.165, 1.54) is 13.3 Å². The van der Waals surface area contributed by atoms with Crippen LogP contribution in [0.15, 0.2) is 18.3 Å². The van der Waals surface area contributed by atoms with Crippen molar-refractivity contribution in [2.45, 2.75) is 32.5 Å². The Labute approximate surface area is 162 Å². The standard InChI is InChI=1S/C19H20ClN3O4/c1-19(2,3)27-18(24)23-9-11(10-23)26-16-6-12-13(7-15(16)25-5)22-8-14(21-4)17(12)20/h6-8,11H,9-10H2,1-3,5H3. The van der Waals surface area contributed by atoms with Gasteiger partial charge in [-0.05, 0) is 26.8 Å². The van der Waals surface area contributed by atoms with E-state index in [0.717, 1.165) is 0 Å². The van der Waals surface area contributed by atoms with Gasteiger partial charge in [-0.1, -0.05) is 11.6 Å². The van der Waals surface area contributed by atoms with Crippen molar-refractivity contribution < 1.29 is 19.0 Å². The summed E-state index contributed by atoms with van der Waals surface area (Å²) in [7, 11) is 1.54. The summed E-state index contributed by atoms with van der Waals surface area (Å²) in [5, 5.41) is 0.941. The lowest BCUT2D eigenvalue weighted by Crippen LogP contribution is -2.57. The van der Waals surface area contributed by atoms with Crippen molar-refractivity contribution in [1.82, 2.24) is 9.88 Å². The van der Waals surface area contributed by atoms with Gasteiger partial charge in [0.25, 0.3) is 0 Å². The predicted octanol–water partition coefficient (Wildman–Crippen LogP) is 4.45. The van der Waals surface area contributed by atoms with Crippen LogP contribution < -0.4 is 9.47 Å². The maximum absolute atomic E-state index is 12.0. The Balaban J connectivity index is 1.77. The van der Waals surface area contributed by atoms with Gasteiger partial charge in [0, 0.05) is 17.6 Å². The number of carbonyl (C=O) groups excluding carboxylic acids is 1. The number of carbonyl (C=O) groups is 1. The molecule has 0 unspecified atom stereocenters. The minimum absolute atomic E-state index is 0.181. The molecule has 0 bridgehead atoms. The number of nitrogens with zero attached hydrogens (tertiary/aromatic N) is 3. The summed E-state index contributed by atoms with van der Waals surface area (Å²) in [5.74, 6) is 1.00. The highest BCUT2D eigenvalue weighted by atomic mass is 35.5. The molecule has 1 amide bonds. The van der Waals surface area contributed by atoms with Crippen molar-refractivity contribution in [2.75, 3.05) is 20.2 Å². The Kier molecular flexibility index (Phi) is 5.03. The molecule has 1 saturated heterocycles. The van der Waals surface area contributed by atoms with Gasteiger partial charge in [-0.3, -0.25) is 4.98 Å².